The summed E-state index contributed by atoms with van der Waals surface area (Å²) in [6.45, 7) is 5.57. The van der Waals surface area contributed by atoms with E-state index in [0.717, 1.165) is 28.2 Å². The predicted octanol–water partition coefficient (Wildman–Crippen LogP) is 4.48. The average molecular weight is 526 g/mol. The van der Waals surface area contributed by atoms with Crippen molar-refractivity contribution < 1.29 is 23.9 Å². The van der Waals surface area contributed by atoms with Crippen LogP contribution >= 0.6 is 22.7 Å². The van der Waals surface area contributed by atoms with Crippen LogP contribution in [-0.2, 0) is 16.0 Å². The van der Waals surface area contributed by atoms with Crippen molar-refractivity contribution in [1.82, 2.24) is 9.55 Å². The number of anilines is 1. The highest BCUT2D eigenvalue weighted by Gasteiger charge is 2.28. The van der Waals surface area contributed by atoms with Gasteiger partial charge in [0.1, 0.15) is 15.4 Å². The lowest BCUT2D eigenvalue weighted by Gasteiger charge is -2.08. The number of thiophene rings is 2. The molecular weight excluding hydrogens is 502 g/mol. The first-order valence-electron chi connectivity index (χ1n) is 11.1. The number of carbonyl (C=O) groups is 3. The summed E-state index contributed by atoms with van der Waals surface area (Å²) in [4.78, 5) is 56.5. The number of benzene rings is 1. The van der Waals surface area contributed by atoms with Gasteiger partial charge in [0.2, 0.25) is 0 Å². The number of aromatic nitrogens is 2. The number of carbonyl (C=O) groups excluding carboxylic acids is 3. The van der Waals surface area contributed by atoms with Gasteiger partial charge in [-0.05, 0) is 31.9 Å². The third-order valence-electron chi connectivity index (χ3n) is 5.31. The fourth-order valence-corrected chi connectivity index (χ4v) is 5.59. The van der Waals surface area contributed by atoms with Crippen molar-refractivity contribution in [3.05, 3.63) is 79.5 Å². The van der Waals surface area contributed by atoms with Crippen LogP contribution in [0.5, 0.6) is 0 Å². The molecule has 0 aliphatic heterocycles. The highest BCUT2D eigenvalue weighted by atomic mass is 32.1. The van der Waals surface area contributed by atoms with Crippen molar-refractivity contribution in [1.29, 1.82) is 0 Å². The van der Waals surface area contributed by atoms with Gasteiger partial charge in [-0.1, -0.05) is 30.3 Å². The van der Waals surface area contributed by atoms with Crippen LogP contribution in [0.3, 0.4) is 0 Å². The maximum absolute atomic E-state index is 13.2. The maximum Gasteiger partial charge on any atom is 0.342 e. The topological polar surface area (TPSA) is 117 Å². The first kappa shape index (κ1) is 25.3. The minimum Gasteiger partial charge on any atom is -0.462 e. The molecule has 0 aliphatic rings. The van der Waals surface area contributed by atoms with Crippen molar-refractivity contribution in [2.75, 3.05) is 18.5 Å². The molecule has 4 aromatic rings. The fraction of sp³-hybridized carbons (Fsp3) is 0.240. The molecule has 0 unspecified atom stereocenters. The molecule has 0 saturated carbocycles. The van der Waals surface area contributed by atoms with E-state index in [1.54, 1.807) is 20.8 Å². The van der Waals surface area contributed by atoms with E-state index in [9.17, 15) is 19.2 Å². The van der Waals surface area contributed by atoms with Crippen molar-refractivity contribution in [3.8, 4) is 0 Å². The molecule has 0 radical (unpaired) electrons. The van der Waals surface area contributed by atoms with Crippen LogP contribution in [0.2, 0.25) is 0 Å². The Labute approximate surface area is 214 Å². The van der Waals surface area contributed by atoms with Gasteiger partial charge in [0, 0.05) is 5.38 Å². The van der Waals surface area contributed by atoms with Gasteiger partial charge in [0.15, 0.2) is 0 Å². The molecule has 36 heavy (non-hydrogen) atoms. The first-order valence-corrected chi connectivity index (χ1v) is 12.8. The van der Waals surface area contributed by atoms with Gasteiger partial charge in [-0.25, -0.2) is 14.6 Å². The maximum atomic E-state index is 13.2. The number of nitrogens with one attached hydrogen (secondary N) is 1. The zero-order valence-electron chi connectivity index (χ0n) is 19.8. The zero-order chi connectivity index (χ0) is 25.8. The number of hydrogen-bond acceptors (Lipinski definition) is 9. The summed E-state index contributed by atoms with van der Waals surface area (Å²) >= 11 is 2.10. The van der Waals surface area contributed by atoms with E-state index in [1.807, 2.05) is 30.3 Å². The average Bonchev–Trinajstić information content (AvgIpc) is 3.43. The number of amides is 1. The van der Waals surface area contributed by atoms with Crippen molar-refractivity contribution >= 4 is 55.7 Å². The highest BCUT2D eigenvalue weighted by Crippen LogP contribution is 2.32. The van der Waals surface area contributed by atoms with E-state index < -0.39 is 17.8 Å². The quantitative estimate of drug-likeness (QED) is 0.337. The lowest BCUT2D eigenvalue weighted by atomic mass is 10.1. The molecule has 3 aromatic heterocycles. The summed E-state index contributed by atoms with van der Waals surface area (Å²) in [5.74, 6) is -1.94. The number of nitrogens with zero attached hydrogens (tertiary/aromatic N) is 2. The lowest BCUT2D eigenvalue weighted by molar-refractivity contribution is 0.0481. The molecule has 186 valence electrons. The second-order valence-electron chi connectivity index (χ2n) is 7.65. The standard InChI is InChI=1S/C25H23N3O6S2/c1-4-33-24(31)16-12-35-22(18(16)25(32)34-5-2)27-20(29)19-14(3)17-21(36-19)26-13-28(23(17)30)11-15-9-7-6-8-10-15/h6-10,12-13H,4-5,11H2,1-3H3,(H,27,29). The van der Waals surface area contributed by atoms with Gasteiger partial charge < -0.3 is 14.8 Å². The van der Waals surface area contributed by atoms with Crippen molar-refractivity contribution in [3.63, 3.8) is 0 Å². The van der Waals surface area contributed by atoms with E-state index in [-0.39, 0.29) is 39.8 Å². The Morgan fingerprint density at radius 2 is 1.75 bits per heavy atom. The Hall–Kier alpha value is -3.83. The Morgan fingerprint density at radius 1 is 1.06 bits per heavy atom. The summed E-state index contributed by atoms with van der Waals surface area (Å²) < 4.78 is 11.6. The Bertz CT molecular complexity index is 1500. The highest BCUT2D eigenvalue weighted by molar-refractivity contribution is 7.21. The summed E-state index contributed by atoms with van der Waals surface area (Å²) in [5, 5.41) is 4.68. The van der Waals surface area contributed by atoms with Crippen molar-refractivity contribution in [2.24, 2.45) is 0 Å². The summed E-state index contributed by atoms with van der Waals surface area (Å²) in [5.41, 5.74) is 1.16. The Morgan fingerprint density at radius 3 is 2.44 bits per heavy atom. The van der Waals surface area contributed by atoms with Gasteiger partial charge in [-0.3, -0.25) is 14.2 Å². The molecule has 0 spiro atoms. The molecule has 1 N–H and O–H groups in total. The van der Waals surface area contributed by atoms with E-state index in [1.165, 1.54) is 16.3 Å². The first-order chi connectivity index (χ1) is 17.3. The molecule has 1 amide bonds. The molecule has 0 fully saturated rings. The van der Waals surface area contributed by atoms with E-state index in [4.69, 9.17) is 9.47 Å². The number of aryl methyl sites for hydroxylation is 1. The minimum absolute atomic E-state index is 0.0223. The number of rotatable bonds is 8. The molecular formula is C25H23N3O6S2. The molecule has 0 bridgehead atoms. The Balaban J connectivity index is 1.68. The van der Waals surface area contributed by atoms with E-state index >= 15 is 0 Å². The van der Waals surface area contributed by atoms with E-state index in [2.05, 4.69) is 10.3 Å². The smallest absolute Gasteiger partial charge is 0.342 e. The number of fused-ring (bicyclic) bond motifs is 1. The second-order valence-corrected chi connectivity index (χ2v) is 9.53. The van der Waals surface area contributed by atoms with Crippen LogP contribution < -0.4 is 10.9 Å². The molecule has 0 aliphatic carbocycles. The van der Waals surface area contributed by atoms with Crippen LogP contribution in [-0.4, -0.2) is 40.6 Å². The van der Waals surface area contributed by atoms with Gasteiger partial charge in [0.05, 0.1) is 41.9 Å². The van der Waals surface area contributed by atoms with E-state index in [0.29, 0.717) is 22.3 Å². The van der Waals surface area contributed by atoms with Gasteiger partial charge in [-0.2, -0.15) is 0 Å². The van der Waals surface area contributed by atoms with Crippen LogP contribution in [0.4, 0.5) is 5.00 Å². The fourth-order valence-electron chi connectivity index (χ4n) is 3.64. The zero-order valence-corrected chi connectivity index (χ0v) is 21.5. The van der Waals surface area contributed by atoms with Crippen LogP contribution in [0.1, 0.15) is 55.4 Å². The summed E-state index contributed by atoms with van der Waals surface area (Å²) in [6.07, 6.45) is 1.47. The predicted molar refractivity (Wildman–Crippen MR) is 138 cm³/mol. The Kier molecular flexibility index (Phi) is 7.61. The number of esters is 2. The van der Waals surface area contributed by atoms with Crippen LogP contribution in [0.25, 0.3) is 10.2 Å². The number of hydrogen-bond donors (Lipinski definition) is 1. The third kappa shape index (κ3) is 4.93. The van der Waals surface area contributed by atoms with Crippen LogP contribution in [0, 0.1) is 6.92 Å². The number of ether oxygens (including phenoxy) is 2. The minimum atomic E-state index is -0.740. The summed E-state index contributed by atoms with van der Waals surface area (Å²) in [7, 11) is 0. The SMILES string of the molecule is CCOC(=O)c1csc(NC(=O)c2sc3ncn(Cc4ccccc4)c(=O)c3c2C)c1C(=O)OCC. The molecule has 9 nitrogen and oxygen atoms in total. The van der Waals surface area contributed by atoms with Gasteiger partial charge >= 0.3 is 11.9 Å². The van der Waals surface area contributed by atoms with Crippen LogP contribution in [0.15, 0.2) is 46.8 Å². The third-order valence-corrected chi connectivity index (χ3v) is 7.41. The lowest BCUT2D eigenvalue weighted by Crippen LogP contribution is -2.21. The monoisotopic (exact) mass is 525 g/mol. The van der Waals surface area contributed by atoms with Gasteiger partial charge in [0.25, 0.3) is 11.5 Å². The molecule has 0 atom stereocenters. The molecule has 1 aromatic carbocycles. The molecule has 11 heteroatoms. The van der Waals surface area contributed by atoms with Crippen molar-refractivity contribution in [2.45, 2.75) is 27.3 Å². The summed E-state index contributed by atoms with van der Waals surface area (Å²) in [6, 6.07) is 9.53. The molecule has 3 heterocycles. The second kappa shape index (κ2) is 10.8. The molecule has 4 rings (SSSR count). The normalized spacial score (nSPS) is 10.9. The van der Waals surface area contributed by atoms with Gasteiger partial charge in [-0.15, -0.1) is 22.7 Å². The molecule has 0 saturated heterocycles. The largest absolute Gasteiger partial charge is 0.462 e.